The highest BCUT2D eigenvalue weighted by molar-refractivity contribution is 5.76. The molecule has 0 aliphatic heterocycles. The molecule has 0 aliphatic carbocycles. The van der Waals surface area contributed by atoms with E-state index in [4.69, 9.17) is 5.41 Å². The van der Waals surface area contributed by atoms with Crippen LogP contribution in [0.4, 0.5) is 0 Å². The third-order valence-electron chi connectivity index (χ3n) is 3.97. The van der Waals surface area contributed by atoms with Crippen molar-refractivity contribution in [3.05, 3.63) is 35.4 Å². The molecule has 0 aliphatic rings. The monoisotopic (exact) mass is 273 g/mol. The minimum Gasteiger partial charge on any atom is -0.308 e. The third-order valence-corrected chi connectivity index (χ3v) is 3.97. The Kier molecular flexibility index (Phi) is 9.91. The van der Waals surface area contributed by atoms with Crippen LogP contribution >= 0.6 is 0 Å². The zero-order chi connectivity index (χ0) is 14.5. The highest BCUT2D eigenvalue weighted by Crippen LogP contribution is 2.12. The molecule has 0 saturated carbocycles. The van der Waals surface area contributed by atoms with Gasteiger partial charge in [0.25, 0.3) is 0 Å². The van der Waals surface area contributed by atoms with Gasteiger partial charge in [0.05, 0.1) is 0 Å². The van der Waals surface area contributed by atoms with Crippen LogP contribution in [0.5, 0.6) is 0 Å². The van der Waals surface area contributed by atoms with E-state index in [9.17, 15) is 0 Å². The van der Waals surface area contributed by atoms with Crippen molar-refractivity contribution in [2.45, 2.75) is 77.6 Å². The van der Waals surface area contributed by atoms with Gasteiger partial charge in [0.2, 0.25) is 0 Å². The van der Waals surface area contributed by atoms with Gasteiger partial charge in [-0.3, -0.25) is 0 Å². The number of benzene rings is 1. The molecule has 1 heteroatoms. The summed E-state index contributed by atoms with van der Waals surface area (Å²) >= 11 is 0. The lowest BCUT2D eigenvalue weighted by Crippen LogP contribution is -1.88. The molecule has 0 bridgehead atoms. The quantitative estimate of drug-likeness (QED) is 0.349. The van der Waals surface area contributed by atoms with Crippen LogP contribution in [0, 0.1) is 5.41 Å². The molecule has 1 aromatic rings. The third kappa shape index (κ3) is 8.14. The summed E-state index contributed by atoms with van der Waals surface area (Å²) in [5.74, 6) is 0. The number of hydrogen-bond donors (Lipinski definition) is 1. The average Bonchev–Trinajstić information content (AvgIpc) is 2.50. The van der Waals surface area contributed by atoms with Crippen molar-refractivity contribution in [3.63, 3.8) is 0 Å². The molecule has 0 radical (unpaired) electrons. The lowest BCUT2D eigenvalue weighted by molar-refractivity contribution is 0.556. The van der Waals surface area contributed by atoms with E-state index < -0.39 is 0 Å². The molecule has 1 nitrogen and oxygen atoms in total. The van der Waals surface area contributed by atoms with Crippen molar-refractivity contribution in [1.82, 2.24) is 0 Å². The average molecular weight is 273 g/mol. The molecule has 0 spiro atoms. The Hall–Kier alpha value is -1.11. The summed E-state index contributed by atoms with van der Waals surface area (Å²) < 4.78 is 0. The Morgan fingerprint density at radius 2 is 1.25 bits per heavy atom. The molecule has 0 fully saturated rings. The van der Waals surface area contributed by atoms with Crippen molar-refractivity contribution >= 4 is 6.21 Å². The smallest absolute Gasteiger partial charge is 0.0250 e. The molecular weight excluding hydrogens is 242 g/mol. The van der Waals surface area contributed by atoms with Gasteiger partial charge >= 0.3 is 0 Å². The number of aryl methyl sites for hydroxylation is 1. The Morgan fingerprint density at radius 3 is 1.75 bits per heavy atom. The number of nitrogens with one attached hydrogen (secondary N) is 1. The van der Waals surface area contributed by atoms with E-state index >= 15 is 0 Å². The summed E-state index contributed by atoms with van der Waals surface area (Å²) in [6.45, 7) is 2.28. The maximum Gasteiger partial charge on any atom is 0.0250 e. The van der Waals surface area contributed by atoms with Gasteiger partial charge < -0.3 is 5.41 Å². The normalized spacial score (nSPS) is 10.7. The van der Waals surface area contributed by atoms with Crippen LogP contribution in [0.25, 0.3) is 0 Å². The van der Waals surface area contributed by atoms with E-state index in [0.717, 1.165) is 5.56 Å². The van der Waals surface area contributed by atoms with Gasteiger partial charge in [0, 0.05) is 6.21 Å². The number of rotatable bonds is 12. The first-order valence-electron chi connectivity index (χ1n) is 8.46. The van der Waals surface area contributed by atoms with E-state index in [1.807, 2.05) is 12.1 Å². The zero-order valence-electron chi connectivity index (χ0n) is 13.2. The topological polar surface area (TPSA) is 23.9 Å². The van der Waals surface area contributed by atoms with Gasteiger partial charge in [-0.05, 0) is 24.0 Å². The van der Waals surface area contributed by atoms with Gasteiger partial charge in [0.15, 0.2) is 0 Å². The SMILES string of the molecule is CCCCCCCCCCCCc1ccc(C=N)cc1. The summed E-state index contributed by atoms with van der Waals surface area (Å²) in [4.78, 5) is 0. The first-order valence-corrected chi connectivity index (χ1v) is 8.46. The molecule has 1 N–H and O–H groups in total. The fraction of sp³-hybridized carbons (Fsp3) is 0.632. The van der Waals surface area contributed by atoms with Crippen LogP contribution in [0.1, 0.15) is 82.3 Å². The predicted molar refractivity (Wildman–Crippen MR) is 89.9 cm³/mol. The highest BCUT2D eigenvalue weighted by Gasteiger charge is 1.95. The van der Waals surface area contributed by atoms with Crippen molar-refractivity contribution < 1.29 is 0 Å². The van der Waals surface area contributed by atoms with Crippen LogP contribution in [0.3, 0.4) is 0 Å². The maximum atomic E-state index is 7.17. The number of hydrogen-bond acceptors (Lipinski definition) is 1. The molecule has 0 aromatic heterocycles. The summed E-state index contributed by atoms with van der Waals surface area (Å²) in [6.07, 6.45) is 16.6. The minimum absolute atomic E-state index is 0.997. The largest absolute Gasteiger partial charge is 0.308 e. The van der Waals surface area contributed by atoms with Crippen LogP contribution in [0.15, 0.2) is 24.3 Å². The summed E-state index contributed by atoms with van der Waals surface area (Å²) in [6, 6.07) is 8.40. The van der Waals surface area contributed by atoms with Crippen LogP contribution < -0.4 is 0 Å². The minimum atomic E-state index is 0.997. The molecule has 112 valence electrons. The van der Waals surface area contributed by atoms with Crippen molar-refractivity contribution in [3.8, 4) is 0 Å². The number of unbranched alkanes of at least 4 members (excludes halogenated alkanes) is 9. The lowest BCUT2D eigenvalue weighted by Gasteiger charge is -2.03. The fourth-order valence-corrected chi connectivity index (χ4v) is 2.60. The predicted octanol–water partition coefficient (Wildman–Crippen LogP) is 6.15. The first-order chi connectivity index (χ1) is 9.86. The van der Waals surface area contributed by atoms with E-state index in [2.05, 4.69) is 19.1 Å². The lowest BCUT2D eigenvalue weighted by atomic mass is 10.0. The van der Waals surface area contributed by atoms with E-state index in [-0.39, 0.29) is 0 Å². The second-order valence-electron chi connectivity index (χ2n) is 5.82. The van der Waals surface area contributed by atoms with Crippen molar-refractivity contribution in [2.75, 3.05) is 0 Å². The summed E-state index contributed by atoms with van der Waals surface area (Å²) in [7, 11) is 0. The molecule has 0 heterocycles. The van der Waals surface area contributed by atoms with Crippen LogP contribution in [-0.2, 0) is 6.42 Å². The molecule has 1 rings (SSSR count). The van der Waals surface area contributed by atoms with Crippen LogP contribution in [0.2, 0.25) is 0 Å². The Labute approximate surface area is 125 Å². The van der Waals surface area contributed by atoms with Gasteiger partial charge in [-0.25, -0.2) is 0 Å². The molecule has 0 saturated heterocycles. The summed E-state index contributed by atoms with van der Waals surface area (Å²) in [5, 5.41) is 7.17. The van der Waals surface area contributed by atoms with E-state index in [1.54, 1.807) is 0 Å². The Morgan fingerprint density at radius 1 is 0.750 bits per heavy atom. The van der Waals surface area contributed by atoms with Gasteiger partial charge in [-0.15, -0.1) is 0 Å². The van der Waals surface area contributed by atoms with Crippen molar-refractivity contribution in [2.24, 2.45) is 0 Å². The molecule has 0 unspecified atom stereocenters. The zero-order valence-corrected chi connectivity index (χ0v) is 13.2. The molecule has 0 amide bonds. The standard InChI is InChI=1S/C19H31N/c1-2-3-4-5-6-7-8-9-10-11-12-18-13-15-19(17-20)16-14-18/h13-17,20H,2-12H2,1H3. The van der Waals surface area contributed by atoms with Crippen LogP contribution in [-0.4, -0.2) is 6.21 Å². The second-order valence-corrected chi connectivity index (χ2v) is 5.82. The first kappa shape index (κ1) is 16.9. The van der Waals surface area contributed by atoms with Crippen molar-refractivity contribution in [1.29, 1.82) is 5.41 Å². The Bertz CT molecular complexity index is 339. The van der Waals surface area contributed by atoms with Gasteiger partial charge in [-0.1, -0.05) is 89.0 Å². The molecule has 0 atom stereocenters. The molecule has 20 heavy (non-hydrogen) atoms. The van der Waals surface area contributed by atoms with Gasteiger partial charge in [-0.2, -0.15) is 0 Å². The maximum absolute atomic E-state index is 7.17. The summed E-state index contributed by atoms with van der Waals surface area (Å²) in [5.41, 5.74) is 2.41. The van der Waals surface area contributed by atoms with E-state index in [0.29, 0.717) is 0 Å². The van der Waals surface area contributed by atoms with Gasteiger partial charge in [0.1, 0.15) is 0 Å². The Balaban J connectivity index is 1.92. The fourth-order valence-electron chi connectivity index (χ4n) is 2.60. The highest BCUT2D eigenvalue weighted by atomic mass is 14.3. The molecular formula is C19H31N. The van der Waals surface area contributed by atoms with E-state index in [1.165, 1.54) is 82.4 Å². The second kappa shape index (κ2) is 11.7. The molecule has 1 aromatic carbocycles.